The molecular formula is C12H17BrO5. The predicted octanol–water partition coefficient (Wildman–Crippen LogP) is 2.22. The Morgan fingerprint density at radius 2 is 1.78 bits per heavy atom. The molecule has 18 heavy (non-hydrogen) atoms. The van der Waals surface area contributed by atoms with E-state index < -0.39 is 0 Å². The van der Waals surface area contributed by atoms with Crippen molar-refractivity contribution in [3.8, 4) is 11.5 Å². The molecule has 0 heterocycles. The molecule has 0 bridgehead atoms. The first-order chi connectivity index (χ1) is 8.65. The molecule has 1 rings (SSSR count). The van der Waals surface area contributed by atoms with Crippen LogP contribution in [0.3, 0.4) is 0 Å². The van der Waals surface area contributed by atoms with Crippen molar-refractivity contribution in [2.75, 3.05) is 27.8 Å². The van der Waals surface area contributed by atoms with Gasteiger partial charge in [0.15, 0.2) is 13.6 Å². The third kappa shape index (κ3) is 3.58. The number of methoxy groups -OCH3 is 2. The first-order valence-corrected chi connectivity index (χ1v) is 6.11. The van der Waals surface area contributed by atoms with Gasteiger partial charge in [-0.25, -0.2) is 0 Å². The van der Waals surface area contributed by atoms with E-state index in [1.54, 1.807) is 20.3 Å². The molecular weight excluding hydrogens is 304 g/mol. The van der Waals surface area contributed by atoms with E-state index >= 15 is 0 Å². The monoisotopic (exact) mass is 320 g/mol. The highest BCUT2D eigenvalue weighted by Crippen LogP contribution is 2.38. The third-order valence-corrected chi connectivity index (χ3v) is 3.19. The summed E-state index contributed by atoms with van der Waals surface area (Å²) in [5.41, 5.74) is 1.49. The van der Waals surface area contributed by atoms with Gasteiger partial charge in [0.1, 0.15) is 11.5 Å². The molecule has 5 nitrogen and oxygen atoms in total. The van der Waals surface area contributed by atoms with Crippen molar-refractivity contribution in [3.05, 3.63) is 21.7 Å². The van der Waals surface area contributed by atoms with Gasteiger partial charge in [-0.2, -0.15) is 0 Å². The predicted molar refractivity (Wildman–Crippen MR) is 69.8 cm³/mol. The zero-order valence-corrected chi connectivity index (χ0v) is 12.2. The maximum absolute atomic E-state index is 9.31. The second-order valence-corrected chi connectivity index (χ2v) is 4.35. The molecule has 0 fully saturated rings. The van der Waals surface area contributed by atoms with Crippen molar-refractivity contribution >= 4 is 15.9 Å². The Bertz CT molecular complexity index is 395. The Labute approximate surface area is 115 Å². The molecule has 0 unspecified atom stereocenters. The van der Waals surface area contributed by atoms with Gasteiger partial charge in [0, 0.05) is 19.8 Å². The molecule has 0 amide bonds. The van der Waals surface area contributed by atoms with Gasteiger partial charge in [-0.05, 0) is 34.5 Å². The van der Waals surface area contributed by atoms with Crippen LogP contribution < -0.4 is 9.47 Å². The molecule has 0 aliphatic rings. The third-order valence-electron chi connectivity index (χ3n) is 2.32. The second kappa shape index (κ2) is 7.58. The van der Waals surface area contributed by atoms with Crippen LogP contribution in [0.1, 0.15) is 11.1 Å². The van der Waals surface area contributed by atoms with Gasteiger partial charge in [0.25, 0.3) is 0 Å². The molecule has 0 radical (unpaired) electrons. The zero-order chi connectivity index (χ0) is 13.5. The van der Waals surface area contributed by atoms with Gasteiger partial charge in [-0.1, -0.05) is 0 Å². The SMILES string of the molecule is COCOc1cc(CO)c(Br)c(OCOC)c1C. The van der Waals surface area contributed by atoms with Gasteiger partial charge >= 0.3 is 0 Å². The average Bonchev–Trinajstić information content (AvgIpc) is 2.38. The summed E-state index contributed by atoms with van der Waals surface area (Å²) in [6.07, 6.45) is 0. The van der Waals surface area contributed by atoms with Crippen molar-refractivity contribution in [3.63, 3.8) is 0 Å². The number of hydrogen-bond donors (Lipinski definition) is 1. The van der Waals surface area contributed by atoms with Crippen LogP contribution >= 0.6 is 15.9 Å². The van der Waals surface area contributed by atoms with Gasteiger partial charge in [0.05, 0.1) is 11.1 Å². The topological polar surface area (TPSA) is 57.2 Å². The largest absolute Gasteiger partial charge is 0.467 e. The number of hydrogen-bond acceptors (Lipinski definition) is 5. The molecule has 1 N–H and O–H groups in total. The Kier molecular flexibility index (Phi) is 6.42. The van der Waals surface area contributed by atoms with E-state index in [0.717, 1.165) is 5.56 Å². The molecule has 0 aliphatic heterocycles. The zero-order valence-electron chi connectivity index (χ0n) is 10.7. The van der Waals surface area contributed by atoms with Crippen LogP contribution in [0, 0.1) is 6.92 Å². The lowest BCUT2D eigenvalue weighted by Crippen LogP contribution is -2.06. The highest BCUT2D eigenvalue weighted by molar-refractivity contribution is 9.10. The molecule has 0 atom stereocenters. The summed E-state index contributed by atoms with van der Waals surface area (Å²) >= 11 is 3.40. The summed E-state index contributed by atoms with van der Waals surface area (Å²) in [5.74, 6) is 1.20. The lowest BCUT2D eigenvalue weighted by molar-refractivity contribution is 0.0444. The quantitative estimate of drug-likeness (QED) is 0.781. The molecule has 1 aromatic carbocycles. The van der Waals surface area contributed by atoms with Crippen molar-refractivity contribution in [2.24, 2.45) is 0 Å². The average molecular weight is 321 g/mol. The molecule has 0 spiro atoms. The normalized spacial score (nSPS) is 10.5. The molecule has 0 aromatic heterocycles. The fourth-order valence-corrected chi connectivity index (χ4v) is 2.08. The summed E-state index contributed by atoms with van der Waals surface area (Å²) in [6.45, 7) is 2.00. The molecule has 1 aromatic rings. The Hall–Kier alpha value is -0.820. The molecule has 6 heteroatoms. The Morgan fingerprint density at radius 1 is 1.17 bits per heavy atom. The molecule has 102 valence electrons. The van der Waals surface area contributed by atoms with Gasteiger partial charge in [0.2, 0.25) is 0 Å². The number of rotatable bonds is 7. The van der Waals surface area contributed by atoms with Crippen molar-refractivity contribution in [1.82, 2.24) is 0 Å². The summed E-state index contributed by atoms with van der Waals surface area (Å²) in [5, 5.41) is 9.31. The number of aliphatic hydroxyl groups excluding tert-OH is 1. The number of aliphatic hydroxyl groups is 1. The van der Waals surface area contributed by atoms with E-state index in [9.17, 15) is 5.11 Å². The van der Waals surface area contributed by atoms with Crippen molar-refractivity contribution in [2.45, 2.75) is 13.5 Å². The summed E-state index contributed by atoms with van der Waals surface area (Å²) in [4.78, 5) is 0. The lowest BCUT2D eigenvalue weighted by atomic mass is 10.1. The summed E-state index contributed by atoms with van der Waals surface area (Å²) in [7, 11) is 3.09. The van der Waals surface area contributed by atoms with Crippen molar-refractivity contribution in [1.29, 1.82) is 0 Å². The maximum atomic E-state index is 9.31. The van der Waals surface area contributed by atoms with Crippen LogP contribution in [0.15, 0.2) is 10.5 Å². The van der Waals surface area contributed by atoms with Crippen LogP contribution in [0.4, 0.5) is 0 Å². The van der Waals surface area contributed by atoms with Crippen molar-refractivity contribution < 1.29 is 24.1 Å². The van der Waals surface area contributed by atoms with E-state index in [2.05, 4.69) is 15.9 Å². The summed E-state index contributed by atoms with van der Waals surface area (Å²) in [6, 6.07) is 1.75. The Morgan fingerprint density at radius 3 is 2.33 bits per heavy atom. The van der Waals surface area contributed by atoms with Crippen LogP contribution in [0.25, 0.3) is 0 Å². The lowest BCUT2D eigenvalue weighted by Gasteiger charge is -2.17. The minimum atomic E-state index is -0.118. The van der Waals surface area contributed by atoms with Gasteiger partial charge < -0.3 is 24.1 Å². The fourth-order valence-electron chi connectivity index (χ4n) is 1.43. The van der Waals surface area contributed by atoms with E-state index in [1.165, 1.54) is 0 Å². The second-order valence-electron chi connectivity index (χ2n) is 3.56. The smallest absolute Gasteiger partial charge is 0.188 e. The van der Waals surface area contributed by atoms with Crippen LogP contribution in [0.2, 0.25) is 0 Å². The van der Waals surface area contributed by atoms with E-state index in [4.69, 9.17) is 18.9 Å². The standard InChI is InChI=1S/C12H17BrO5/c1-8-10(17-6-15-2)4-9(5-14)11(13)12(8)18-7-16-3/h4,14H,5-7H2,1-3H3. The summed E-state index contributed by atoms with van der Waals surface area (Å²) < 4.78 is 21.3. The molecule has 0 saturated heterocycles. The highest BCUT2D eigenvalue weighted by atomic mass is 79.9. The van der Waals surface area contributed by atoms with Gasteiger partial charge in [-0.3, -0.25) is 0 Å². The maximum Gasteiger partial charge on any atom is 0.188 e. The van der Waals surface area contributed by atoms with Gasteiger partial charge in [-0.15, -0.1) is 0 Å². The highest BCUT2D eigenvalue weighted by Gasteiger charge is 2.15. The van der Waals surface area contributed by atoms with E-state index in [1.807, 2.05) is 6.92 Å². The number of benzene rings is 1. The molecule has 0 aliphatic carbocycles. The molecule has 0 saturated carbocycles. The first-order valence-electron chi connectivity index (χ1n) is 5.32. The van der Waals surface area contributed by atoms with E-state index in [-0.39, 0.29) is 20.2 Å². The Balaban J connectivity index is 3.11. The van der Waals surface area contributed by atoms with Crippen LogP contribution in [0.5, 0.6) is 11.5 Å². The minimum absolute atomic E-state index is 0.118. The first kappa shape index (κ1) is 15.2. The fraction of sp³-hybridized carbons (Fsp3) is 0.500. The van der Waals surface area contributed by atoms with Crippen LogP contribution in [-0.4, -0.2) is 32.9 Å². The number of halogens is 1. The minimum Gasteiger partial charge on any atom is -0.467 e. The van der Waals surface area contributed by atoms with E-state index in [0.29, 0.717) is 21.5 Å². The number of ether oxygens (including phenoxy) is 4. The van der Waals surface area contributed by atoms with Crippen LogP contribution in [-0.2, 0) is 16.1 Å².